The van der Waals surface area contributed by atoms with Crippen LogP contribution in [0.1, 0.15) is 74.7 Å². The van der Waals surface area contributed by atoms with Gasteiger partial charge in [0, 0.05) is 26.6 Å². The molecule has 7 heteroatoms. The Labute approximate surface area is 207 Å². The lowest BCUT2D eigenvalue weighted by Crippen LogP contribution is -2.51. The molecule has 0 aromatic heterocycles. The van der Waals surface area contributed by atoms with Crippen molar-refractivity contribution in [3.05, 3.63) is 23.8 Å². The van der Waals surface area contributed by atoms with Gasteiger partial charge in [-0.05, 0) is 53.0 Å². The van der Waals surface area contributed by atoms with Gasteiger partial charge in [0.1, 0.15) is 12.2 Å². The van der Waals surface area contributed by atoms with E-state index in [4.69, 9.17) is 28.4 Å². The van der Waals surface area contributed by atoms with Gasteiger partial charge in [-0.25, -0.2) is 0 Å². The number of methoxy groups -OCH3 is 2. The van der Waals surface area contributed by atoms with E-state index < -0.39 is 30.9 Å². The number of hydrogen-bond acceptors (Lipinski definition) is 7. The maximum Gasteiger partial charge on any atom is 0.161 e. The Morgan fingerprint density at radius 3 is 2.29 bits per heavy atom. The minimum absolute atomic E-state index is 0.0735. The van der Waals surface area contributed by atoms with E-state index in [1.165, 1.54) is 5.57 Å². The molecule has 0 amide bonds. The van der Waals surface area contributed by atoms with Crippen LogP contribution in [0.15, 0.2) is 23.8 Å². The van der Waals surface area contributed by atoms with Gasteiger partial charge in [-0.15, -0.1) is 0 Å². The Morgan fingerprint density at radius 1 is 1.06 bits per heavy atom. The molecule has 10 atom stereocenters. The van der Waals surface area contributed by atoms with Crippen molar-refractivity contribution in [2.75, 3.05) is 14.2 Å². The number of allylic oxidation sites excluding steroid dienone is 2. The van der Waals surface area contributed by atoms with E-state index in [0.29, 0.717) is 6.42 Å². The average molecular weight is 487 g/mol. The van der Waals surface area contributed by atoms with Crippen molar-refractivity contribution in [3.63, 3.8) is 0 Å². The quantitative estimate of drug-likeness (QED) is 0.257. The fourth-order valence-corrected chi connectivity index (χ4v) is 4.40. The third-order valence-corrected chi connectivity index (χ3v) is 6.43. The van der Waals surface area contributed by atoms with Gasteiger partial charge in [-0.2, -0.15) is 0 Å². The molecule has 1 heterocycles. The summed E-state index contributed by atoms with van der Waals surface area (Å²) in [5, 5.41) is 10.3. The van der Waals surface area contributed by atoms with Gasteiger partial charge in [-0.3, -0.25) is 0 Å². The van der Waals surface area contributed by atoms with Crippen LogP contribution in [0.5, 0.6) is 0 Å². The third-order valence-electron chi connectivity index (χ3n) is 6.43. The van der Waals surface area contributed by atoms with E-state index in [0.717, 1.165) is 12.8 Å². The lowest BCUT2D eigenvalue weighted by molar-refractivity contribution is -0.293. The lowest BCUT2D eigenvalue weighted by Gasteiger charge is -2.40. The Hall–Kier alpha value is -0.800. The van der Waals surface area contributed by atoms with Crippen molar-refractivity contribution in [3.8, 4) is 0 Å². The van der Waals surface area contributed by atoms with Gasteiger partial charge in [-0.1, -0.05) is 39.0 Å². The third kappa shape index (κ3) is 9.69. The summed E-state index contributed by atoms with van der Waals surface area (Å²) in [6.45, 7) is 16.2. The van der Waals surface area contributed by atoms with Gasteiger partial charge in [0.25, 0.3) is 0 Å². The molecule has 1 saturated heterocycles. The highest BCUT2D eigenvalue weighted by molar-refractivity contribution is 5.10. The molecule has 0 bridgehead atoms. The summed E-state index contributed by atoms with van der Waals surface area (Å²) in [4.78, 5) is 0. The molecule has 1 aliphatic heterocycles. The Balaban J connectivity index is 2.89. The summed E-state index contributed by atoms with van der Waals surface area (Å²) < 4.78 is 35.9. The Bertz CT molecular complexity index is 608. The molecule has 0 aromatic rings. The smallest absolute Gasteiger partial charge is 0.161 e. The summed E-state index contributed by atoms with van der Waals surface area (Å²) in [6.07, 6.45) is 5.51. The molecule has 1 aliphatic rings. The topological polar surface area (TPSA) is 75.6 Å². The number of ether oxygens (including phenoxy) is 6. The van der Waals surface area contributed by atoms with Crippen LogP contribution in [0.4, 0.5) is 0 Å². The predicted octanol–water partition coefficient (Wildman–Crippen LogP) is 5.01. The molecule has 0 aromatic carbocycles. The second-order valence-corrected chi connectivity index (χ2v) is 9.33. The predicted molar refractivity (Wildman–Crippen MR) is 135 cm³/mol. The van der Waals surface area contributed by atoms with E-state index in [9.17, 15) is 5.11 Å². The van der Waals surface area contributed by atoms with Crippen LogP contribution in [0, 0.1) is 5.92 Å². The van der Waals surface area contributed by atoms with Crippen LogP contribution in [0.25, 0.3) is 0 Å². The second-order valence-electron chi connectivity index (χ2n) is 9.33. The molecule has 200 valence electrons. The van der Waals surface area contributed by atoms with Gasteiger partial charge in [0.15, 0.2) is 12.6 Å². The number of rotatable bonds is 15. The molecule has 7 nitrogen and oxygen atoms in total. The fourth-order valence-electron chi connectivity index (χ4n) is 4.40. The molecule has 1 fully saturated rings. The van der Waals surface area contributed by atoms with Crippen molar-refractivity contribution in [2.45, 2.75) is 130 Å². The van der Waals surface area contributed by atoms with Crippen molar-refractivity contribution in [1.82, 2.24) is 0 Å². The first-order valence-corrected chi connectivity index (χ1v) is 12.8. The summed E-state index contributed by atoms with van der Waals surface area (Å²) >= 11 is 0. The molecule has 4 unspecified atom stereocenters. The van der Waals surface area contributed by atoms with E-state index in [1.807, 2.05) is 27.7 Å². The van der Waals surface area contributed by atoms with E-state index in [1.54, 1.807) is 14.2 Å². The molecule has 0 saturated carbocycles. The van der Waals surface area contributed by atoms with Gasteiger partial charge >= 0.3 is 0 Å². The van der Waals surface area contributed by atoms with Gasteiger partial charge in [0.05, 0.1) is 30.5 Å². The minimum atomic E-state index is -0.689. The average Bonchev–Trinajstić information content (AvgIpc) is 2.80. The first-order valence-electron chi connectivity index (χ1n) is 12.8. The number of aliphatic hydroxyl groups is 1. The standard InChI is InChI=1S/C27H50O7/c1-11-13-15-18(4)26(17(3)14-12-2)33-22(8)31-21(7)27(20(6)29-9)34-24-16-23(30-10)25(28)19(5)32-24/h13-15,18-28H,11-12,16H2,1-10H3/b15-13+,17-14+/t18-,19?,20?,21?,22-,23?,24-,25-,26+,27+/m0/s1. The molecular formula is C27H50O7. The summed E-state index contributed by atoms with van der Waals surface area (Å²) in [6, 6.07) is 0. The van der Waals surface area contributed by atoms with Crippen LogP contribution in [0.2, 0.25) is 0 Å². The maximum atomic E-state index is 10.3. The van der Waals surface area contributed by atoms with Gasteiger partial charge < -0.3 is 33.5 Å². The number of aliphatic hydroxyl groups excluding tert-OH is 1. The monoisotopic (exact) mass is 486 g/mol. The zero-order valence-corrected chi connectivity index (χ0v) is 23.0. The van der Waals surface area contributed by atoms with Crippen LogP contribution < -0.4 is 0 Å². The number of hydrogen-bond donors (Lipinski definition) is 1. The highest BCUT2D eigenvalue weighted by Gasteiger charge is 2.39. The van der Waals surface area contributed by atoms with Crippen molar-refractivity contribution in [2.24, 2.45) is 5.92 Å². The first kappa shape index (κ1) is 31.2. The molecule has 1 rings (SSSR count). The Kier molecular flexibility index (Phi) is 14.7. The first-order chi connectivity index (χ1) is 16.1. The summed E-state index contributed by atoms with van der Waals surface area (Å²) in [7, 11) is 3.24. The SMILES string of the molecule is CC/C=C/[C@H](C)[C@H](O[C@@H](C)OC(C)[C@H](O[C@H]1CC(OC)[C@@H](O)C(C)O1)C(C)OC)/C(C)=C/CC. The highest BCUT2D eigenvalue weighted by Crippen LogP contribution is 2.27. The molecule has 0 aliphatic carbocycles. The molecular weight excluding hydrogens is 436 g/mol. The summed E-state index contributed by atoms with van der Waals surface area (Å²) in [5.41, 5.74) is 1.20. The zero-order valence-electron chi connectivity index (χ0n) is 23.0. The molecule has 1 N–H and O–H groups in total. The lowest BCUT2D eigenvalue weighted by atomic mass is 9.96. The van der Waals surface area contributed by atoms with Crippen LogP contribution in [-0.4, -0.2) is 74.6 Å². The van der Waals surface area contributed by atoms with Crippen LogP contribution >= 0.6 is 0 Å². The van der Waals surface area contributed by atoms with Crippen LogP contribution in [-0.2, 0) is 28.4 Å². The Morgan fingerprint density at radius 2 is 1.74 bits per heavy atom. The zero-order chi connectivity index (χ0) is 25.8. The second kappa shape index (κ2) is 16.0. The van der Waals surface area contributed by atoms with E-state index in [2.05, 4.69) is 45.9 Å². The highest BCUT2D eigenvalue weighted by atomic mass is 16.7. The maximum absolute atomic E-state index is 10.3. The van der Waals surface area contributed by atoms with Crippen molar-refractivity contribution in [1.29, 1.82) is 0 Å². The van der Waals surface area contributed by atoms with E-state index >= 15 is 0 Å². The summed E-state index contributed by atoms with van der Waals surface area (Å²) in [5.74, 6) is 0.226. The fraction of sp³-hybridized carbons (Fsp3) is 0.852. The van der Waals surface area contributed by atoms with Crippen molar-refractivity contribution < 1.29 is 33.5 Å². The molecule has 0 spiro atoms. The minimum Gasteiger partial charge on any atom is -0.388 e. The normalized spacial score (nSPS) is 29.6. The molecule has 0 radical (unpaired) electrons. The van der Waals surface area contributed by atoms with Gasteiger partial charge in [0.2, 0.25) is 0 Å². The van der Waals surface area contributed by atoms with Crippen molar-refractivity contribution >= 4 is 0 Å². The van der Waals surface area contributed by atoms with Crippen LogP contribution in [0.3, 0.4) is 0 Å². The van der Waals surface area contributed by atoms with E-state index in [-0.39, 0.29) is 30.3 Å². The molecule has 34 heavy (non-hydrogen) atoms. The largest absolute Gasteiger partial charge is 0.388 e.